The summed E-state index contributed by atoms with van der Waals surface area (Å²) in [7, 11) is 0. The number of pyridine rings is 1. The van der Waals surface area contributed by atoms with Crippen molar-refractivity contribution in [3.8, 4) is 6.07 Å². The van der Waals surface area contributed by atoms with Crippen molar-refractivity contribution < 1.29 is 14.0 Å². The van der Waals surface area contributed by atoms with Crippen LogP contribution in [-0.2, 0) is 0 Å². The molecule has 0 atom stereocenters. The summed E-state index contributed by atoms with van der Waals surface area (Å²) in [4.78, 5) is 29.8. The number of hydrogen-bond acceptors (Lipinski definition) is 4. The van der Waals surface area contributed by atoms with Crippen LogP contribution in [0.5, 0.6) is 0 Å². The molecule has 0 saturated carbocycles. The minimum absolute atomic E-state index is 0.0211. The van der Waals surface area contributed by atoms with Crippen LogP contribution in [0.15, 0.2) is 72.9 Å². The Labute approximate surface area is 170 Å². The van der Waals surface area contributed by atoms with Gasteiger partial charge in [0.15, 0.2) is 5.69 Å². The van der Waals surface area contributed by atoms with Crippen molar-refractivity contribution >= 4 is 28.7 Å². The van der Waals surface area contributed by atoms with Crippen molar-refractivity contribution in [2.75, 3.05) is 10.6 Å². The predicted octanol–water partition coefficient (Wildman–Crippen LogP) is 3.85. The molecule has 2 N–H and O–H groups in total. The van der Waals surface area contributed by atoms with Gasteiger partial charge in [0.25, 0.3) is 11.8 Å². The summed E-state index contributed by atoms with van der Waals surface area (Å²) in [5, 5.41) is 14.4. The highest BCUT2D eigenvalue weighted by molar-refractivity contribution is 6.10. The summed E-state index contributed by atoms with van der Waals surface area (Å²) < 4.78 is 14.9. The Balaban J connectivity index is 1.69. The topological polar surface area (TPSA) is 99.3 Å². The number of halogens is 1. The summed E-state index contributed by atoms with van der Waals surface area (Å²) in [5.74, 6) is -1.69. The lowest BCUT2D eigenvalue weighted by Gasteiger charge is -2.05. The first-order valence-electron chi connectivity index (χ1n) is 8.91. The van der Waals surface area contributed by atoms with Gasteiger partial charge in [-0.1, -0.05) is 24.3 Å². The zero-order valence-corrected chi connectivity index (χ0v) is 15.5. The highest BCUT2D eigenvalue weighted by Crippen LogP contribution is 2.19. The molecular formula is C22H14FN5O2. The molecule has 2 aromatic carbocycles. The number of hydrogen-bond donors (Lipinski definition) is 2. The van der Waals surface area contributed by atoms with E-state index in [9.17, 15) is 19.2 Å². The molecule has 146 valence electrons. The molecular weight excluding hydrogens is 385 g/mol. The molecule has 2 heterocycles. The van der Waals surface area contributed by atoms with Crippen LogP contribution in [0, 0.1) is 17.1 Å². The number of para-hydroxylation sites is 1. The third-order valence-corrected chi connectivity index (χ3v) is 4.34. The Kier molecular flexibility index (Phi) is 4.93. The average molecular weight is 399 g/mol. The number of nitriles is 1. The van der Waals surface area contributed by atoms with Gasteiger partial charge >= 0.3 is 0 Å². The Bertz CT molecular complexity index is 1320. The fourth-order valence-electron chi connectivity index (χ4n) is 2.99. The number of aromatic nitrogens is 2. The molecule has 4 aromatic rings. The van der Waals surface area contributed by atoms with Crippen LogP contribution in [0.2, 0.25) is 0 Å². The van der Waals surface area contributed by atoms with E-state index in [1.54, 1.807) is 54.7 Å². The fraction of sp³-hybridized carbons (Fsp3) is 0. The number of benzene rings is 2. The summed E-state index contributed by atoms with van der Waals surface area (Å²) in [6, 6.07) is 19.1. The third-order valence-electron chi connectivity index (χ3n) is 4.34. The van der Waals surface area contributed by atoms with Crippen molar-refractivity contribution in [2.45, 2.75) is 0 Å². The Hall–Kier alpha value is -4.51. The third kappa shape index (κ3) is 3.59. The Morgan fingerprint density at radius 3 is 2.57 bits per heavy atom. The number of anilines is 2. The summed E-state index contributed by atoms with van der Waals surface area (Å²) in [6.45, 7) is 0. The number of carbonyl (C=O) groups excluding carboxylic acids is 2. The first-order valence-corrected chi connectivity index (χ1v) is 8.91. The minimum Gasteiger partial charge on any atom is -0.319 e. The van der Waals surface area contributed by atoms with Crippen molar-refractivity contribution in [3.63, 3.8) is 0 Å². The standard InChI is InChI=1S/C22H14FN5O2/c23-15-7-5-8-16(12-15)25-22(30)20-27-19(18-10-3-4-11-28(18)20)21(29)26-17-9-2-1-6-14(17)13-24/h1-12H,(H,25,30)(H,26,29). The van der Waals surface area contributed by atoms with Crippen molar-refractivity contribution in [1.82, 2.24) is 9.38 Å². The maximum atomic E-state index is 13.4. The first-order chi connectivity index (χ1) is 14.6. The van der Waals surface area contributed by atoms with Crippen LogP contribution in [-0.4, -0.2) is 21.2 Å². The molecule has 0 aliphatic rings. The second kappa shape index (κ2) is 7.85. The molecule has 30 heavy (non-hydrogen) atoms. The molecule has 2 aromatic heterocycles. The molecule has 8 heteroatoms. The molecule has 0 saturated heterocycles. The Morgan fingerprint density at radius 1 is 0.967 bits per heavy atom. The monoisotopic (exact) mass is 399 g/mol. The zero-order valence-electron chi connectivity index (χ0n) is 15.5. The van der Waals surface area contributed by atoms with Crippen LogP contribution in [0.3, 0.4) is 0 Å². The number of nitrogens with one attached hydrogen (secondary N) is 2. The van der Waals surface area contributed by atoms with Crippen LogP contribution >= 0.6 is 0 Å². The van der Waals surface area contributed by atoms with E-state index in [1.807, 2.05) is 6.07 Å². The van der Waals surface area contributed by atoms with Crippen LogP contribution < -0.4 is 10.6 Å². The average Bonchev–Trinajstić information content (AvgIpc) is 3.14. The van der Waals surface area contributed by atoms with Gasteiger partial charge in [-0.05, 0) is 42.5 Å². The number of rotatable bonds is 4. The molecule has 0 spiro atoms. The number of nitrogens with zero attached hydrogens (tertiary/aromatic N) is 3. The van der Waals surface area contributed by atoms with Gasteiger partial charge in [-0.25, -0.2) is 9.37 Å². The van der Waals surface area contributed by atoms with E-state index >= 15 is 0 Å². The van der Waals surface area contributed by atoms with Crippen molar-refractivity contribution in [1.29, 1.82) is 5.26 Å². The van der Waals surface area contributed by atoms with Crippen LogP contribution in [0.4, 0.5) is 15.8 Å². The lowest BCUT2D eigenvalue weighted by molar-refractivity contribution is 0.101. The predicted molar refractivity (Wildman–Crippen MR) is 109 cm³/mol. The smallest absolute Gasteiger partial charge is 0.292 e. The van der Waals surface area contributed by atoms with Gasteiger partial charge in [0.1, 0.15) is 11.9 Å². The SMILES string of the molecule is N#Cc1ccccc1NC(=O)c1nc(C(=O)Nc2cccc(F)c2)n2ccccc12. The summed E-state index contributed by atoms with van der Waals surface area (Å²) >= 11 is 0. The lowest BCUT2D eigenvalue weighted by atomic mass is 10.2. The molecule has 0 aliphatic carbocycles. The molecule has 0 bridgehead atoms. The van der Waals surface area contributed by atoms with E-state index in [2.05, 4.69) is 15.6 Å². The van der Waals surface area contributed by atoms with E-state index in [1.165, 1.54) is 22.6 Å². The Morgan fingerprint density at radius 2 is 1.77 bits per heavy atom. The molecule has 0 aliphatic heterocycles. The second-order valence-electron chi connectivity index (χ2n) is 6.32. The molecule has 0 fully saturated rings. The number of imidazole rings is 1. The van der Waals surface area contributed by atoms with E-state index in [0.717, 1.165) is 0 Å². The quantitative estimate of drug-likeness (QED) is 0.544. The van der Waals surface area contributed by atoms with Crippen molar-refractivity contribution in [3.05, 3.63) is 95.8 Å². The maximum absolute atomic E-state index is 13.4. The van der Waals surface area contributed by atoms with Gasteiger partial charge in [0, 0.05) is 11.9 Å². The molecule has 2 amide bonds. The van der Waals surface area contributed by atoms with Gasteiger partial charge < -0.3 is 10.6 Å². The molecule has 0 unspecified atom stereocenters. The highest BCUT2D eigenvalue weighted by Gasteiger charge is 2.22. The number of amides is 2. The summed E-state index contributed by atoms with van der Waals surface area (Å²) in [6.07, 6.45) is 1.60. The maximum Gasteiger partial charge on any atom is 0.292 e. The van der Waals surface area contributed by atoms with Gasteiger partial charge in [0.05, 0.1) is 16.8 Å². The van der Waals surface area contributed by atoms with E-state index in [4.69, 9.17) is 0 Å². The van der Waals surface area contributed by atoms with Gasteiger partial charge in [-0.15, -0.1) is 0 Å². The van der Waals surface area contributed by atoms with Crippen LogP contribution in [0.1, 0.15) is 26.7 Å². The highest BCUT2D eigenvalue weighted by atomic mass is 19.1. The normalized spacial score (nSPS) is 10.4. The minimum atomic E-state index is -0.599. The number of fused-ring (bicyclic) bond motifs is 1. The van der Waals surface area contributed by atoms with E-state index in [-0.39, 0.29) is 17.2 Å². The van der Waals surface area contributed by atoms with Crippen molar-refractivity contribution in [2.24, 2.45) is 0 Å². The molecule has 0 radical (unpaired) electrons. The second-order valence-corrected chi connectivity index (χ2v) is 6.32. The van der Waals surface area contributed by atoms with Crippen LogP contribution in [0.25, 0.3) is 5.52 Å². The van der Waals surface area contributed by atoms with Gasteiger partial charge in [-0.2, -0.15) is 5.26 Å². The first kappa shape index (κ1) is 18.8. The zero-order chi connectivity index (χ0) is 21.1. The van der Waals surface area contributed by atoms with Gasteiger partial charge in [0.2, 0.25) is 5.82 Å². The fourth-order valence-corrected chi connectivity index (χ4v) is 2.99. The largest absolute Gasteiger partial charge is 0.319 e. The van der Waals surface area contributed by atoms with E-state index in [0.29, 0.717) is 16.8 Å². The summed E-state index contributed by atoms with van der Waals surface area (Å²) in [5.41, 5.74) is 1.34. The number of carbonyl (C=O) groups is 2. The molecule has 7 nitrogen and oxygen atoms in total. The van der Waals surface area contributed by atoms with E-state index < -0.39 is 17.6 Å². The lowest BCUT2D eigenvalue weighted by Crippen LogP contribution is -2.16. The van der Waals surface area contributed by atoms with Gasteiger partial charge in [-0.3, -0.25) is 14.0 Å². The molecule has 4 rings (SSSR count).